The lowest BCUT2D eigenvalue weighted by molar-refractivity contribution is 0.0240. The molecule has 1 heterocycles. The largest absolute Gasteiger partial charge is 0.507 e. The molecular formula is C11H14FNO2. The molecule has 4 heteroatoms. The molecule has 3 nitrogen and oxygen atoms in total. The standard InChI is InChI=1S/C11H14FNO2/c1-7-2-3-8(12)10(11(7)14)9-6-13-4-5-15-9/h2-3,9,13-14H,4-6H2,1H3. The average Bonchev–Trinajstić information content (AvgIpc) is 2.26. The zero-order valence-electron chi connectivity index (χ0n) is 8.59. The lowest BCUT2D eigenvalue weighted by atomic mass is 10.0. The molecule has 1 aliphatic rings. The van der Waals surface area contributed by atoms with E-state index in [-0.39, 0.29) is 11.3 Å². The summed E-state index contributed by atoms with van der Waals surface area (Å²) >= 11 is 0. The highest BCUT2D eigenvalue weighted by Crippen LogP contribution is 2.32. The molecular weight excluding hydrogens is 197 g/mol. The van der Waals surface area contributed by atoms with Gasteiger partial charge in [0.2, 0.25) is 0 Å². The van der Waals surface area contributed by atoms with Gasteiger partial charge in [-0.05, 0) is 18.6 Å². The van der Waals surface area contributed by atoms with Gasteiger partial charge in [0.05, 0.1) is 12.2 Å². The zero-order chi connectivity index (χ0) is 10.8. The third-order valence-electron chi connectivity index (χ3n) is 2.62. The van der Waals surface area contributed by atoms with E-state index in [0.29, 0.717) is 18.7 Å². The minimum Gasteiger partial charge on any atom is -0.507 e. The van der Waals surface area contributed by atoms with Gasteiger partial charge in [-0.1, -0.05) is 6.07 Å². The number of aromatic hydroxyl groups is 1. The number of aryl methyl sites for hydroxylation is 1. The van der Waals surface area contributed by atoms with E-state index in [1.165, 1.54) is 6.07 Å². The second-order valence-electron chi connectivity index (χ2n) is 3.69. The van der Waals surface area contributed by atoms with Crippen molar-refractivity contribution in [3.05, 3.63) is 29.1 Å². The first-order valence-corrected chi connectivity index (χ1v) is 5.00. The van der Waals surface area contributed by atoms with Gasteiger partial charge in [-0.25, -0.2) is 4.39 Å². The summed E-state index contributed by atoms with van der Waals surface area (Å²) in [4.78, 5) is 0. The molecule has 1 atom stereocenters. The van der Waals surface area contributed by atoms with Gasteiger partial charge < -0.3 is 15.2 Å². The molecule has 0 spiro atoms. The van der Waals surface area contributed by atoms with E-state index in [0.717, 1.165) is 6.54 Å². The number of morpholine rings is 1. The van der Waals surface area contributed by atoms with Crippen molar-refractivity contribution < 1.29 is 14.2 Å². The van der Waals surface area contributed by atoms with Gasteiger partial charge in [-0.2, -0.15) is 0 Å². The van der Waals surface area contributed by atoms with Gasteiger partial charge in [0.15, 0.2) is 0 Å². The predicted octanol–water partition coefficient (Wildman–Crippen LogP) is 1.50. The molecule has 1 aliphatic heterocycles. The predicted molar refractivity (Wildman–Crippen MR) is 54.4 cm³/mol. The number of phenols is 1. The van der Waals surface area contributed by atoms with E-state index in [9.17, 15) is 9.50 Å². The Balaban J connectivity index is 2.36. The fourth-order valence-corrected chi connectivity index (χ4v) is 1.75. The van der Waals surface area contributed by atoms with Crippen molar-refractivity contribution in [2.45, 2.75) is 13.0 Å². The van der Waals surface area contributed by atoms with E-state index in [2.05, 4.69) is 5.32 Å². The quantitative estimate of drug-likeness (QED) is 0.739. The SMILES string of the molecule is Cc1ccc(F)c(C2CNCCO2)c1O. The number of phenolic OH excluding ortho intramolecular Hbond substituents is 1. The molecule has 1 aromatic carbocycles. The van der Waals surface area contributed by atoms with Gasteiger partial charge in [-0.3, -0.25) is 0 Å². The fraction of sp³-hybridized carbons (Fsp3) is 0.455. The summed E-state index contributed by atoms with van der Waals surface area (Å²) in [5.74, 6) is -0.407. The Labute approximate surface area is 87.9 Å². The van der Waals surface area contributed by atoms with Crippen LogP contribution in [0.3, 0.4) is 0 Å². The fourth-order valence-electron chi connectivity index (χ4n) is 1.75. The van der Waals surface area contributed by atoms with Crippen LogP contribution in [0.1, 0.15) is 17.2 Å². The summed E-state index contributed by atoms with van der Waals surface area (Å²) in [6.07, 6.45) is -0.390. The summed E-state index contributed by atoms with van der Waals surface area (Å²) in [6, 6.07) is 2.92. The first-order chi connectivity index (χ1) is 7.20. The summed E-state index contributed by atoms with van der Waals surface area (Å²) < 4.78 is 19.0. The second kappa shape index (κ2) is 4.16. The van der Waals surface area contributed by atoms with Crippen molar-refractivity contribution in [2.75, 3.05) is 19.7 Å². The number of benzene rings is 1. The Morgan fingerprint density at radius 1 is 1.53 bits per heavy atom. The highest BCUT2D eigenvalue weighted by atomic mass is 19.1. The van der Waals surface area contributed by atoms with E-state index in [1.807, 2.05) is 0 Å². The van der Waals surface area contributed by atoms with Crippen molar-refractivity contribution in [3.8, 4) is 5.75 Å². The van der Waals surface area contributed by atoms with Crippen LogP contribution in [0.25, 0.3) is 0 Å². The first kappa shape index (κ1) is 10.4. The van der Waals surface area contributed by atoms with Crippen molar-refractivity contribution in [3.63, 3.8) is 0 Å². The van der Waals surface area contributed by atoms with E-state index < -0.39 is 11.9 Å². The highest BCUT2D eigenvalue weighted by Gasteiger charge is 2.23. The molecule has 0 saturated carbocycles. The van der Waals surface area contributed by atoms with Gasteiger partial charge in [0.25, 0.3) is 0 Å². The topological polar surface area (TPSA) is 41.5 Å². The number of halogens is 1. The molecule has 2 N–H and O–H groups in total. The molecule has 0 amide bonds. The van der Waals surface area contributed by atoms with Crippen LogP contribution in [-0.4, -0.2) is 24.8 Å². The van der Waals surface area contributed by atoms with Gasteiger partial charge in [0.1, 0.15) is 17.7 Å². The normalized spacial score (nSPS) is 21.6. The van der Waals surface area contributed by atoms with Crippen LogP contribution in [0.2, 0.25) is 0 Å². The smallest absolute Gasteiger partial charge is 0.132 e. The van der Waals surface area contributed by atoms with Crippen LogP contribution in [-0.2, 0) is 4.74 Å². The molecule has 0 aromatic heterocycles. The Morgan fingerprint density at radius 2 is 2.33 bits per heavy atom. The molecule has 15 heavy (non-hydrogen) atoms. The lowest BCUT2D eigenvalue weighted by Gasteiger charge is -2.25. The third kappa shape index (κ3) is 1.96. The summed E-state index contributed by atoms with van der Waals surface area (Å²) in [5, 5.41) is 12.9. The van der Waals surface area contributed by atoms with Crippen molar-refractivity contribution >= 4 is 0 Å². The van der Waals surface area contributed by atoms with Crippen molar-refractivity contribution in [1.29, 1.82) is 0 Å². The third-order valence-corrected chi connectivity index (χ3v) is 2.62. The zero-order valence-corrected chi connectivity index (χ0v) is 8.59. The maximum absolute atomic E-state index is 13.5. The Bertz CT molecular complexity index is 362. The molecule has 0 aliphatic carbocycles. The van der Waals surface area contributed by atoms with Crippen molar-refractivity contribution in [2.24, 2.45) is 0 Å². The minimum atomic E-state index is -0.410. The Morgan fingerprint density at radius 3 is 3.00 bits per heavy atom. The van der Waals surface area contributed by atoms with Crippen LogP contribution < -0.4 is 5.32 Å². The molecule has 0 radical (unpaired) electrons. The number of nitrogens with one attached hydrogen (secondary N) is 1. The maximum atomic E-state index is 13.5. The Hall–Kier alpha value is -1.13. The van der Waals surface area contributed by atoms with Gasteiger partial charge in [0, 0.05) is 13.1 Å². The number of hydrogen-bond donors (Lipinski definition) is 2. The minimum absolute atomic E-state index is 0.00343. The van der Waals surface area contributed by atoms with E-state index in [4.69, 9.17) is 4.74 Å². The molecule has 1 unspecified atom stereocenters. The average molecular weight is 211 g/mol. The number of rotatable bonds is 1. The number of ether oxygens (including phenoxy) is 1. The van der Waals surface area contributed by atoms with Gasteiger partial charge >= 0.3 is 0 Å². The molecule has 82 valence electrons. The van der Waals surface area contributed by atoms with Crippen LogP contribution in [0.4, 0.5) is 4.39 Å². The molecule has 1 saturated heterocycles. The summed E-state index contributed by atoms with van der Waals surface area (Å²) in [6.45, 7) is 3.59. The van der Waals surface area contributed by atoms with Gasteiger partial charge in [-0.15, -0.1) is 0 Å². The van der Waals surface area contributed by atoms with E-state index >= 15 is 0 Å². The van der Waals surface area contributed by atoms with Crippen LogP contribution in [0.5, 0.6) is 5.75 Å². The number of hydrogen-bond acceptors (Lipinski definition) is 3. The highest BCUT2D eigenvalue weighted by molar-refractivity contribution is 5.42. The lowest BCUT2D eigenvalue weighted by Crippen LogP contribution is -2.33. The summed E-state index contributed by atoms with van der Waals surface area (Å²) in [7, 11) is 0. The molecule has 2 rings (SSSR count). The molecule has 1 aromatic rings. The van der Waals surface area contributed by atoms with Crippen LogP contribution in [0.15, 0.2) is 12.1 Å². The maximum Gasteiger partial charge on any atom is 0.132 e. The second-order valence-corrected chi connectivity index (χ2v) is 3.69. The molecule has 0 bridgehead atoms. The Kier molecular flexibility index (Phi) is 2.88. The van der Waals surface area contributed by atoms with Crippen LogP contribution in [0, 0.1) is 12.7 Å². The molecule has 1 fully saturated rings. The van der Waals surface area contributed by atoms with Crippen molar-refractivity contribution in [1.82, 2.24) is 5.32 Å². The first-order valence-electron chi connectivity index (χ1n) is 5.00. The monoisotopic (exact) mass is 211 g/mol. The van der Waals surface area contributed by atoms with E-state index in [1.54, 1.807) is 13.0 Å². The van der Waals surface area contributed by atoms with Crippen LogP contribution >= 0.6 is 0 Å². The summed E-state index contributed by atoms with van der Waals surface area (Å²) in [5.41, 5.74) is 0.933.